The minimum atomic E-state index is -0.0100. The first kappa shape index (κ1) is 15.8. The number of rotatable bonds is 2. The van der Waals surface area contributed by atoms with Crippen LogP contribution in [-0.4, -0.2) is 37.8 Å². The van der Waals surface area contributed by atoms with Crippen molar-refractivity contribution in [1.29, 1.82) is 0 Å². The molecule has 0 N–H and O–H groups in total. The lowest BCUT2D eigenvalue weighted by molar-refractivity contribution is 0.232. The van der Waals surface area contributed by atoms with Gasteiger partial charge in [0.05, 0.1) is 24.8 Å². The Labute approximate surface area is 152 Å². The standard InChI is InChI=1S/C20H23N5O/c1-23-12-17(14-7-3-2-4-8-14)24-18(13-23)22-19-16(20(24)26)11-21-25(19)15-9-5-6-10-15/h2-4,7-8,11,15,17H,5-6,9-10,12-13H2,1H3. The van der Waals surface area contributed by atoms with E-state index in [9.17, 15) is 4.79 Å². The Bertz CT molecular complexity index is 1000. The number of hydrogen-bond donors (Lipinski definition) is 0. The monoisotopic (exact) mass is 349 g/mol. The zero-order chi connectivity index (χ0) is 17.7. The topological polar surface area (TPSA) is 56.0 Å². The maximum atomic E-state index is 13.3. The number of aromatic nitrogens is 4. The molecule has 1 aliphatic heterocycles. The average molecular weight is 349 g/mol. The molecule has 1 aliphatic carbocycles. The predicted molar refractivity (Wildman–Crippen MR) is 100 cm³/mol. The zero-order valence-corrected chi connectivity index (χ0v) is 15.0. The Morgan fingerprint density at radius 1 is 1.12 bits per heavy atom. The molecule has 1 aromatic carbocycles. The van der Waals surface area contributed by atoms with Crippen molar-refractivity contribution in [3.8, 4) is 0 Å². The quantitative estimate of drug-likeness (QED) is 0.714. The van der Waals surface area contributed by atoms with E-state index in [0.717, 1.165) is 36.4 Å². The van der Waals surface area contributed by atoms with Crippen LogP contribution in [0.25, 0.3) is 11.0 Å². The molecule has 134 valence electrons. The minimum Gasteiger partial charge on any atom is -0.297 e. The molecule has 1 atom stereocenters. The normalized spacial score (nSPS) is 21.3. The van der Waals surface area contributed by atoms with E-state index < -0.39 is 0 Å². The van der Waals surface area contributed by atoms with Crippen LogP contribution in [0.3, 0.4) is 0 Å². The van der Waals surface area contributed by atoms with E-state index in [2.05, 4.69) is 29.2 Å². The molecule has 3 aromatic rings. The summed E-state index contributed by atoms with van der Waals surface area (Å²) in [6.45, 7) is 1.49. The van der Waals surface area contributed by atoms with Crippen LogP contribution in [0, 0.1) is 0 Å². The third kappa shape index (κ3) is 2.40. The molecule has 5 rings (SSSR count). The van der Waals surface area contributed by atoms with Crippen molar-refractivity contribution in [2.75, 3.05) is 13.6 Å². The zero-order valence-electron chi connectivity index (χ0n) is 15.0. The summed E-state index contributed by atoms with van der Waals surface area (Å²) in [6, 6.07) is 10.6. The van der Waals surface area contributed by atoms with Gasteiger partial charge in [-0.2, -0.15) is 5.10 Å². The summed E-state index contributed by atoms with van der Waals surface area (Å²) in [7, 11) is 2.09. The second-order valence-corrected chi connectivity index (χ2v) is 7.59. The fraction of sp³-hybridized carbons (Fsp3) is 0.450. The Hall–Kier alpha value is -2.47. The molecule has 0 spiro atoms. The summed E-state index contributed by atoms with van der Waals surface area (Å²) in [4.78, 5) is 20.5. The highest BCUT2D eigenvalue weighted by Crippen LogP contribution is 2.31. The summed E-state index contributed by atoms with van der Waals surface area (Å²) in [5, 5.41) is 5.20. The first-order valence-corrected chi connectivity index (χ1v) is 9.44. The van der Waals surface area contributed by atoms with Crippen molar-refractivity contribution in [2.45, 2.75) is 44.3 Å². The highest BCUT2D eigenvalue weighted by molar-refractivity contribution is 5.73. The molecule has 1 unspecified atom stereocenters. The van der Waals surface area contributed by atoms with E-state index in [4.69, 9.17) is 4.98 Å². The number of fused-ring (bicyclic) bond motifs is 2. The van der Waals surface area contributed by atoms with Crippen LogP contribution in [0.5, 0.6) is 0 Å². The lowest BCUT2D eigenvalue weighted by Gasteiger charge is -2.33. The van der Waals surface area contributed by atoms with Gasteiger partial charge in [0.15, 0.2) is 5.65 Å². The van der Waals surface area contributed by atoms with Crippen LogP contribution in [0.4, 0.5) is 0 Å². The van der Waals surface area contributed by atoms with Gasteiger partial charge < -0.3 is 0 Å². The summed E-state index contributed by atoms with van der Waals surface area (Å²) in [5.41, 5.74) is 1.94. The van der Waals surface area contributed by atoms with Crippen molar-refractivity contribution in [2.24, 2.45) is 0 Å². The fourth-order valence-corrected chi connectivity index (χ4v) is 4.50. The molecule has 0 bridgehead atoms. The Kier molecular flexibility index (Phi) is 3.67. The van der Waals surface area contributed by atoms with Gasteiger partial charge in [-0.15, -0.1) is 0 Å². The molecule has 3 heterocycles. The SMILES string of the molecule is CN1Cc2nc3c(cnn3C3CCCC3)c(=O)n2C(c2ccccc2)C1. The molecule has 2 aliphatic rings. The van der Waals surface area contributed by atoms with Gasteiger partial charge in [-0.3, -0.25) is 14.3 Å². The average Bonchev–Trinajstić information content (AvgIpc) is 3.31. The van der Waals surface area contributed by atoms with Gasteiger partial charge in [-0.05, 0) is 25.5 Å². The lowest BCUT2D eigenvalue weighted by atomic mass is 10.0. The molecule has 1 fully saturated rings. The van der Waals surface area contributed by atoms with Gasteiger partial charge in [-0.1, -0.05) is 43.2 Å². The summed E-state index contributed by atoms with van der Waals surface area (Å²) >= 11 is 0. The number of nitrogens with zero attached hydrogens (tertiary/aromatic N) is 5. The molecule has 6 heteroatoms. The molecule has 1 saturated carbocycles. The van der Waals surface area contributed by atoms with E-state index in [1.54, 1.807) is 6.20 Å². The Morgan fingerprint density at radius 3 is 2.65 bits per heavy atom. The van der Waals surface area contributed by atoms with E-state index in [1.165, 1.54) is 12.8 Å². The van der Waals surface area contributed by atoms with Crippen molar-refractivity contribution >= 4 is 11.0 Å². The predicted octanol–water partition coefficient (Wildman–Crippen LogP) is 2.74. The molecular formula is C20H23N5O. The third-order valence-corrected chi connectivity index (χ3v) is 5.79. The van der Waals surface area contributed by atoms with Crippen LogP contribution < -0.4 is 5.56 Å². The van der Waals surface area contributed by atoms with Crippen LogP contribution in [0.1, 0.15) is 49.2 Å². The Morgan fingerprint density at radius 2 is 1.88 bits per heavy atom. The van der Waals surface area contributed by atoms with Crippen LogP contribution in [0.2, 0.25) is 0 Å². The second-order valence-electron chi connectivity index (χ2n) is 7.59. The van der Waals surface area contributed by atoms with Crippen molar-refractivity contribution in [1.82, 2.24) is 24.2 Å². The minimum absolute atomic E-state index is 0.0100. The fourth-order valence-electron chi connectivity index (χ4n) is 4.50. The van der Waals surface area contributed by atoms with Gasteiger partial charge in [-0.25, -0.2) is 9.67 Å². The smallest absolute Gasteiger partial charge is 0.265 e. The first-order valence-electron chi connectivity index (χ1n) is 9.44. The number of likely N-dealkylation sites (N-methyl/N-ethyl adjacent to an activating group) is 1. The summed E-state index contributed by atoms with van der Waals surface area (Å²) in [6.07, 6.45) is 6.44. The molecule has 6 nitrogen and oxygen atoms in total. The van der Waals surface area contributed by atoms with E-state index in [-0.39, 0.29) is 11.6 Å². The third-order valence-electron chi connectivity index (χ3n) is 5.79. The van der Waals surface area contributed by atoms with Crippen LogP contribution >= 0.6 is 0 Å². The molecule has 26 heavy (non-hydrogen) atoms. The van der Waals surface area contributed by atoms with Crippen LogP contribution in [0.15, 0.2) is 41.3 Å². The van der Waals surface area contributed by atoms with E-state index in [1.807, 2.05) is 27.4 Å². The van der Waals surface area contributed by atoms with Gasteiger partial charge in [0, 0.05) is 6.54 Å². The molecule has 2 aromatic heterocycles. The van der Waals surface area contributed by atoms with Crippen molar-refractivity contribution in [3.63, 3.8) is 0 Å². The molecule has 0 radical (unpaired) electrons. The van der Waals surface area contributed by atoms with Crippen LogP contribution in [-0.2, 0) is 6.54 Å². The van der Waals surface area contributed by atoms with Gasteiger partial charge in [0.2, 0.25) is 0 Å². The first-order chi connectivity index (χ1) is 12.7. The van der Waals surface area contributed by atoms with Crippen molar-refractivity contribution < 1.29 is 0 Å². The van der Waals surface area contributed by atoms with Crippen molar-refractivity contribution in [3.05, 3.63) is 58.3 Å². The molecular weight excluding hydrogens is 326 g/mol. The summed E-state index contributed by atoms with van der Waals surface area (Å²) < 4.78 is 3.88. The maximum absolute atomic E-state index is 13.3. The summed E-state index contributed by atoms with van der Waals surface area (Å²) in [5.74, 6) is 0.838. The number of hydrogen-bond acceptors (Lipinski definition) is 4. The van der Waals surface area contributed by atoms with Gasteiger partial charge >= 0.3 is 0 Å². The van der Waals surface area contributed by atoms with Gasteiger partial charge in [0.25, 0.3) is 5.56 Å². The lowest BCUT2D eigenvalue weighted by Crippen LogP contribution is -2.42. The number of benzene rings is 1. The molecule has 0 saturated heterocycles. The molecule has 0 amide bonds. The Balaban J connectivity index is 1.70. The van der Waals surface area contributed by atoms with Gasteiger partial charge in [0.1, 0.15) is 11.2 Å². The highest BCUT2D eigenvalue weighted by Gasteiger charge is 2.29. The largest absolute Gasteiger partial charge is 0.297 e. The second kappa shape index (κ2) is 6.06. The van der Waals surface area contributed by atoms with E-state index in [0.29, 0.717) is 18.0 Å². The van der Waals surface area contributed by atoms with E-state index >= 15 is 0 Å². The maximum Gasteiger partial charge on any atom is 0.265 e. The highest BCUT2D eigenvalue weighted by atomic mass is 16.1.